The number of likely N-dealkylation sites (tertiary alicyclic amines) is 1. The molecule has 2 aromatic rings. The standard InChI is InChI=1S/C41H56N8O8/c1-6-10-29(33(50)39(54)45-26-15-16-26)46-37(52)31-21-28(57-27-17-13-25(14-18-27)35(42)56-5)23-49(31)40(55)34(41(2,3)4)48-38(53)32(24-11-8-7-9-12-24)47-36(51)30-22-43-19-20-44-30/h13-14,17-20,22,24,26,28-29,31-32,34,42H,6-12,15-16,21,23H2,1-5H3,(H,45,54)(H,46,52)(H,47,51)(H,48,53)/t28-,29+,31+,32?,34-/m1/s1. The zero-order chi connectivity index (χ0) is 41.3. The van der Waals surface area contributed by atoms with E-state index in [1.165, 1.54) is 30.6 Å². The zero-order valence-electron chi connectivity index (χ0n) is 33.5. The van der Waals surface area contributed by atoms with Crippen molar-refractivity contribution in [1.29, 1.82) is 5.41 Å². The van der Waals surface area contributed by atoms with E-state index in [0.717, 1.165) is 32.1 Å². The van der Waals surface area contributed by atoms with E-state index in [9.17, 15) is 28.8 Å². The quantitative estimate of drug-likeness (QED) is 0.0951. The van der Waals surface area contributed by atoms with Gasteiger partial charge in [0.25, 0.3) is 11.8 Å². The number of carbonyl (C=O) groups excluding carboxylic acids is 6. The van der Waals surface area contributed by atoms with E-state index in [1.807, 2.05) is 6.92 Å². The Morgan fingerprint density at radius 2 is 1.65 bits per heavy atom. The van der Waals surface area contributed by atoms with Crippen molar-refractivity contribution in [2.24, 2.45) is 11.3 Å². The van der Waals surface area contributed by atoms with Crippen molar-refractivity contribution in [1.82, 2.24) is 36.1 Å². The van der Waals surface area contributed by atoms with Crippen molar-refractivity contribution >= 4 is 41.2 Å². The molecule has 5 atom stereocenters. The molecule has 1 aliphatic heterocycles. The molecule has 0 spiro atoms. The number of hydrogen-bond acceptors (Lipinski definition) is 11. The number of ketones is 1. The molecule has 1 aromatic carbocycles. The maximum atomic E-state index is 14.8. The van der Waals surface area contributed by atoms with Crippen LogP contribution in [-0.2, 0) is 28.7 Å². The lowest BCUT2D eigenvalue weighted by Crippen LogP contribution is -2.62. The molecule has 3 aliphatic rings. The van der Waals surface area contributed by atoms with Gasteiger partial charge in [0.15, 0.2) is 0 Å². The summed E-state index contributed by atoms with van der Waals surface area (Å²) in [5, 5.41) is 19.2. The summed E-state index contributed by atoms with van der Waals surface area (Å²) in [5.74, 6) is -3.52. The molecule has 16 nitrogen and oxygen atoms in total. The minimum absolute atomic E-state index is 0.0211. The van der Waals surface area contributed by atoms with E-state index in [2.05, 4.69) is 31.2 Å². The molecule has 1 unspecified atom stereocenters. The molecule has 1 saturated heterocycles. The third-order valence-corrected chi connectivity index (χ3v) is 10.7. The van der Waals surface area contributed by atoms with Gasteiger partial charge in [-0.3, -0.25) is 39.2 Å². The molecule has 5 amide bonds. The van der Waals surface area contributed by atoms with Crippen LogP contribution in [0.15, 0.2) is 42.9 Å². The summed E-state index contributed by atoms with van der Waals surface area (Å²) in [6.45, 7) is 7.22. The van der Waals surface area contributed by atoms with Crippen LogP contribution in [0.4, 0.5) is 0 Å². The third kappa shape index (κ3) is 11.3. The molecule has 0 bridgehead atoms. The maximum absolute atomic E-state index is 14.8. The lowest BCUT2D eigenvalue weighted by atomic mass is 9.82. The van der Waals surface area contributed by atoms with Gasteiger partial charge in [-0.15, -0.1) is 0 Å². The van der Waals surface area contributed by atoms with Crippen molar-refractivity contribution < 1.29 is 38.2 Å². The Balaban J connectivity index is 1.40. The summed E-state index contributed by atoms with van der Waals surface area (Å²) in [7, 11) is 1.40. The van der Waals surface area contributed by atoms with Gasteiger partial charge in [0.1, 0.15) is 35.7 Å². The molecule has 5 rings (SSSR count). The Morgan fingerprint density at radius 3 is 2.25 bits per heavy atom. The molecule has 57 heavy (non-hydrogen) atoms. The Morgan fingerprint density at radius 1 is 0.947 bits per heavy atom. The number of amides is 5. The first-order valence-electron chi connectivity index (χ1n) is 19.9. The number of carbonyl (C=O) groups is 6. The monoisotopic (exact) mass is 788 g/mol. The van der Waals surface area contributed by atoms with Crippen LogP contribution in [-0.4, -0.2) is 106 Å². The highest BCUT2D eigenvalue weighted by Gasteiger charge is 2.47. The van der Waals surface area contributed by atoms with Crippen molar-refractivity contribution in [3.8, 4) is 5.75 Å². The summed E-state index contributed by atoms with van der Waals surface area (Å²) in [4.78, 5) is 92.0. The number of Topliss-reactive ketones (excluding diaryl/α,β-unsaturated/α-hetero) is 1. The number of nitrogens with one attached hydrogen (secondary N) is 5. The summed E-state index contributed by atoms with van der Waals surface area (Å²) in [6.07, 6.45) is 10.1. The molecule has 0 radical (unpaired) electrons. The smallest absolute Gasteiger partial charge is 0.289 e. The molecule has 2 aliphatic carbocycles. The summed E-state index contributed by atoms with van der Waals surface area (Å²) in [5.41, 5.74) is -0.268. The zero-order valence-corrected chi connectivity index (χ0v) is 33.5. The maximum Gasteiger partial charge on any atom is 0.289 e. The highest BCUT2D eigenvalue weighted by molar-refractivity contribution is 6.38. The first kappa shape index (κ1) is 42.7. The van der Waals surface area contributed by atoms with Crippen LogP contribution in [0.3, 0.4) is 0 Å². The van der Waals surface area contributed by atoms with Crippen molar-refractivity contribution in [3.63, 3.8) is 0 Å². The van der Waals surface area contributed by atoms with E-state index in [-0.39, 0.29) is 42.9 Å². The number of ether oxygens (including phenoxy) is 2. The van der Waals surface area contributed by atoms with E-state index < -0.39 is 71.0 Å². The Hall–Kier alpha value is -5.41. The summed E-state index contributed by atoms with van der Waals surface area (Å²) >= 11 is 0. The van der Waals surface area contributed by atoms with Gasteiger partial charge in [-0.2, -0.15) is 0 Å². The van der Waals surface area contributed by atoms with Gasteiger partial charge in [-0.25, -0.2) is 4.98 Å². The molecular weight excluding hydrogens is 732 g/mol. The lowest BCUT2D eigenvalue weighted by molar-refractivity contribution is -0.145. The van der Waals surface area contributed by atoms with Gasteiger partial charge in [-0.05, 0) is 67.7 Å². The second kappa shape index (κ2) is 19.2. The first-order chi connectivity index (χ1) is 27.2. The minimum Gasteiger partial charge on any atom is -0.488 e. The molecule has 2 heterocycles. The van der Waals surface area contributed by atoms with Gasteiger partial charge >= 0.3 is 0 Å². The Kier molecular flexibility index (Phi) is 14.4. The van der Waals surface area contributed by atoms with Crippen LogP contribution in [0.5, 0.6) is 5.75 Å². The predicted octanol–water partition coefficient (Wildman–Crippen LogP) is 2.84. The van der Waals surface area contributed by atoms with Crippen LogP contribution < -0.4 is 26.0 Å². The normalized spacial score (nSPS) is 20.0. The molecule has 16 heteroatoms. The molecule has 1 aromatic heterocycles. The number of methoxy groups -OCH3 is 1. The minimum atomic E-state index is -1.14. The van der Waals surface area contributed by atoms with Crippen LogP contribution in [0.25, 0.3) is 0 Å². The third-order valence-electron chi connectivity index (χ3n) is 10.7. The molecular formula is C41H56N8O8. The SMILES string of the molecule is CCC[C@H](NC(=O)[C@@H]1C[C@@H](Oc2ccc(C(=N)OC)cc2)CN1C(=O)[C@@H](NC(=O)C(NC(=O)c1cnccn1)C1CCCCC1)C(C)(C)C)C(=O)C(=O)NC1CC1. The first-order valence-corrected chi connectivity index (χ1v) is 19.9. The Labute approximate surface area is 333 Å². The van der Waals surface area contributed by atoms with E-state index in [0.29, 0.717) is 30.6 Å². The van der Waals surface area contributed by atoms with Crippen molar-refractivity contribution in [2.75, 3.05) is 13.7 Å². The van der Waals surface area contributed by atoms with Crippen LogP contribution >= 0.6 is 0 Å². The average molecular weight is 789 g/mol. The summed E-state index contributed by atoms with van der Waals surface area (Å²) < 4.78 is 11.3. The number of nitrogens with zero attached hydrogens (tertiary/aromatic N) is 3. The van der Waals surface area contributed by atoms with Gasteiger partial charge in [-0.1, -0.05) is 53.4 Å². The van der Waals surface area contributed by atoms with E-state index in [1.54, 1.807) is 45.0 Å². The van der Waals surface area contributed by atoms with E-state index >= 15 is 0 Å². The highest BCUT2D eigenvalue weighted by atomic mass is 16.5. The number of benzene rings is 1. The van der Waals surface area contributed by atoms with Gasteiger partial charge in [0.2, 0.25) is 29.4 Å². The fourth-order valence-corrected chi connectivity index (χ4v) is 7.38. The van der Waals surface area contributed by atoms with Crippen LogP contribution in [0.2, 0.25) is 0 Å². The van der Waals surface area contributed by atoms with Crippen LogP contribution in [0.1, 0.15) is 108 Å². The second-order valence-electron chi connectivity index (χ2n) is 16.2. The predicted molar refractivity (Wildman–Crippen MR) is 209 cm³/mol. The number of aromatic nitrogens is 2. The fraction of sp³-hybridized carbons (Fsp3) is 0.585. The van der Waals surface area contributed by atoms with Crippen molar-refractivity contribution in [2.45, 2.75) is 128 Å². The largest absolute Gasteiger partial charge is 0.488 e. The molecule has 3 fully saturated rings. The van der Waals surface area contributed by atoms with Gasteiger partial charge in [0, 0.05) is 30.4 Å². The second-order valence-corrected chi connectivity index (χ2v) is 16.2. The fourth-order valence-electron chi connectivity index (χ4n) is 7.38. The number of hydrogen-bond donors (Lipinski definition) is 5. The van der Waals surface area contributed by atoms with Crippen molar-refractivity contribution in [3.05, 3.63) is 54.1 Å². The lowest BCUT2D eigenvalue weighted by Gasteiger charge is -2.37. The Bertz CT molecular complexity index is 1770. The topological polar surface area (TPSA) is 222 Å². The average Bonchev–Trinajstić information content (AvgIpc) is 3.93. The van der Waals surface area contributed by atoms with Crippen LogP contribution in [0, 0.1) is 16.7 Å². The number of rotatable bonds is 16. The summed E-state index contributed by atoms with van der Waals surface area (Å²) in [6, 6.07) is 2.28. The molecule has 308 valence electrons. The molecule has 2 saturated carbocycles. The highest BCUT2D eigenvalue weighted by Crippen LogP contribution is 2.31. The van der Waals surface area contributed by atoms with Gasteiger partial charge in [0.05, 0.1) is 25.9 Å². The van der Waals surface area contributed by atoms with E-state index in [4.69, 9.17) is 14.9 Å². The molecule has 5 N–H and O–H groups in total. The van der Waals surface area contributed by atoms with Gasteiger partial charge < -0.3 is 35.6 Å².